The molecule has 1 unspecified atom stereocenters. The third kappa shape index (κ3) is 1.84. The second-order valence-electron chi connectivity index (χ2n) is 4.53. The minimum atomic E-state index is -0.271. The first-order chi connectivity index (χ1) is 8.19. The van der Waals surface area contributed by atoms with Gasteiger partial charge in [-0.3, -0.25) is 4.90 Å². The van der Waals surface area contributed by atoms with Crippen LogP contribution in [0.2, 0.25) is 0 Å². The summed E-state index contributed by atoms with van der Waals surface area (Å²) in [7, 11) is 0. The first-order valence-electron chi connectivity index (χ1n) is 5.62. The maximum Gasteiger partial charge on any atom is 0.415 e. The highest BCUT2D eigenvalue weighted by Gasteiger charge is 2.47. The summed E-state index contributed by atoms with van der Waals surface area (Å²) in [5.74, 6) is 1.97. The van der Waals surface area contributed by atoms with E-state index in [0.717, 1.165) is 23.6 Å². The van der Waals surface area contributed by atoms with Gasteiger partial charge in [0.1, 0.15) is 5.60 Å². The Kier molecular flexibility index (Phi) is 2.43. The van der Waals surface area contributed by atoms with E-state index in [1.165, 1.54) is 0 Å². The third-order valence-electron chi connectivity index (χ3n) is 3.22. The molecule has 2 saturated heterocycles. The maximum atomic E-state index is 11.9. The van der Waals surface area contributed by atoms with Gasteiger partial charge in [0.2, 0.25) is 0 Å². The van der Waals surface area contributed by atoms with Crippen LogP contribution in [0.15, 0.2) is 24.3 Å². The van der Waals surface area contributed by atoms with Gasteiger partial charge in [0, 0.05) is 17.1 Å². The van der Waals surface area contributed by atoms with Crippen molar-refractivity contribution in [3.8, 4) is 0 Å². The predicted octanol–water partition coefficient (Wildman–Crippen LogP) is 2.10. The summed E-state index contributed by atoms with van der Waals surface area (Å²) in [6.07, 6.45) is 0.695. The van der Waals surface area contributed by atoms with Gasteiger partial charge >= 0.3 is 6.09 Å². The third-order valence-corrected chi connectivity index (χ3v) is 4.44. The number of amides is 1. The number of anilines is 2. The molecular weight excluding hydrogens is 236 g/mol. The van der Waals surface area contributed by atoms with E-state index >= 15 is 0 Å². The van der Waals surface area contributed by atoms with Gasteiger partial charge in [-0.25, -0.2) is 4.79 Å². The molecule has 2 aliphatic heterocycles. The fourth-order valence-electron chi connectivity index (χ4n) is 2.31. The molecule has 1 spiro atoms. The molecule has 2 heterocycles. The Morgan fingerprint density at radius 1 is 1.47 bits per heavy atom. The normalized spacial score (nSPS) is 27.8. The highest BCUT2D eigenvalue weighted by molar-refractivity contribution is 7.99. The van der Waals surface area contributed by atoms with Crippen molar-refractivity contribution in [2.24, 2.45) is 0 Å². The number of carbonyl (C=O) groups is 1. The molecule has 3 rings (SSSR count). The number of carbonyl (C=O) groups excluding carboxylic acids is 1. The molecule has 0 aliphatic carbocycles. The van der Waals surface area contributed by atoms with E-state index in [2.05, 4.69) is 0 Å². The number of nitrogens with two attached hydrogens (primary N) is 1. The molecule has 1 aromatic carbocycles. The lowest BCUT2D eigenvalue weighted by Gasteiger charge is -2.19. The van der Waals surface area contributed by atoms with Crippen molar-refractivity contribution in [2.45, 2.75) is 12.0 Å². The van der Waals surface area contributed by atoms with E-state index in [1.807, 2.05) is 36.0 Å². The molecule has 0 bridgehead atoms. The average Bonchev–Trinajstić information content (AvgIpc) is 2.87. The van der Waals surface area contributed by atoms with Gasteiger partial charge in [0.25, 0.3) is 0 Å². The first-order valence-corrected chi connectivity index (χ1v) is 6.78. The number of ether oxygens (including phenoxy) is 1. The number of thioether (sulfide) groups is 1. The summed E-state index contributed by atoms with van der Waals surface area (Å²) >= 11 is 1.84. The van der Waals surface area contributed by atoms with Gasteiger partial charge in [-0.15, -0.1) is 0 Å². The Morgan fingerprint density at radius 3 is 3.06 bits per heavy atom. The molecule has 2 fully saturated rings. The molecule has 0 aromatic heterocycles. The van der Waals surface area contributed by atoms with Crippen LogP contribution in [-0.4, -0.2) is 29.7 Å². The lowest BCUT2D eigenvalue weighted by atomic mass is 10.0. The van der Waals surface area contributed by atoms with Crippen molar-refractivity contribution in [2.75, 3.05) is 28.7 Å². The van der Waals surface area contributed by atoms with E-state index in [4.69, 9.17) is 10.5 Å². The van der Waals surface area contributed by atoms with E-state index in [1.54, 1.807) is 4.90 Å². The maximum absolute atomic E-state index is 11.9. The Bertz CT molecular complexity index is 458. The van der Waals surface area contributed by atoms with Gasteiger partial charge in [-0.1, -0.05) is 6.07 Å². The molecule has 1 aromatic rings. The number of hydrogen-bond acceptors (Lipinski definition) is 4. The molecule has 90 valence electrons. The number of nitrogen functional groups attached to an aromatic ring is 1. The van der Waals surface area contributed by atoms with E-state index in [-0.39, 0.29) is 11.7 Å². The van der Waals surface area contributed by atoms with Gasteiger partial charge in [0.05, 0.1) is 6.54 Å². The average molecular weight is 250 g/mol. The van der Waals surface area contributed by atoms with Crippen LogP contribution in [-0.2, 0) is 4.74 Å². The van der Waals surface area contributed by atoms with Gasteiger partial charge < -0.3 is 10.5 Å². The van der Waals surface area contributed by atoms with Crippen molar-refractivity contribution in [1.29, 1.82) is 0 Å². The highest BCUT2D eigenvalue weighted by Crippen LogP contribution is 2.38. The first kappa shape index (κ1) is 10.8. The smallest absolute Gasteiger partial charge is 0.415 e. The second-order valence-corrected chi connectivity index (χ2v) is 5.64. The van der Waals surface area contributed by atoms with Crippen LogP contribution in [0.4, 0.5) is 16.2 Å². The highest BCUT2D eigenvalue weighted by atomic mass is 32.2. The fraction of sp³-hybridized carbons (Fsp3) is 0.417. The van der Waals surface area contributed by atoms with Crippen LogP contribution < -0.4 is 10.6 Å². The standard InChI is InChI=1S/C12H14N2O2S/c13-9-2-1-3-10(6-9)14-7-12(16-11(14)15)4-5-17-8-12/h1-3,6H,4-5,7-8,13H2. The van der Waals surface area contributed by atoms with Crippen molar-refractivity contribution in [1.82, 2.24) is 0 Å². The van der Waals surface area contributed by atoms with Crippen molar-refractivity contribution in [3.05, 3.63) is 24.3 Å². The van der Waals surface area contributed by atoms with Crippen LogP contribution in [0.1, 0.15) is 6.42 Å². The number of nitrogens with zero attached hydrogens (tertiary/aromatic N) is 1. The Balaban J connectivity index is 1.87. The minimum absolute atomic E-state index is 0.252. The van der Waals surface area contributed by atoms with Gasteiger partial charge in [-0.2, -0.15) is 11.8 Å². The predicted molar refractivity (Wildman–Crippen MR) is 69.4 cm³/mol. The summed E-state index contributed by atoms with van der Waals surface area (Å²) < 4.78 is 5.54. The topological polar surface area (TPSA) is 55.6 Å². The molecule has 17 heavy (non-hydrogen) atoms. The molecule has 1 amide bonds. The molecule has 4 nitrogen and oxygen atoms in total. The quantitative estimate of drug-likeness (QED) is 0.775. The fourth-order valence-corrected chi connectivity index (χ4v) is 3.64. The van der Waals surface area contributed by atoms with E-state index < -0.39 is 0 Å². The summed E-state index contributed by atoms with van der Waals surface area (Å²) in [4.78, 5) is 13.6. The van der Waals surface area contributed by atoms with Crippen LogP contribution in [0.5, 0.6) is 0 Å². The number of benzene rings is 1. The molecular formula is C12H14N2O2S. The van der Waals surface area contributed by atoms with Gasteiger partial charge in [-0.05, 0) is 30.4 Å². The van der Waals surface area contributed by atoms with E-state index in [9.17, 15) is 4.79 Å². The van der Waals surface area contributed by atoms with Crippen LogP contribution in [0.3, 0.4) is 0 Å². The van der Waals surface area contributed by atoms with Crippen LogP contribution >= 0.6 is 11.8 Å². The molecule has 1 atom stereocenters. The van der Waals surface area contributed by atoms with Crippen molar-refractivity contribution in [3.63, 3.8) is 0 Å². The molecule has 2 aliphatic rings. The Hall–Kier alpha value is -1.36. The summed E-state index contributed by atoms with van der Waals surface area (Å²) in [5.41, 5.74) is 6.95. The van der Waals surface area contributed by atoms with Crippen LogP contribution in [0, 0.1) is 0 Å². The number of hydrogen-bond donors (Lipinski definition) is 1. The van der Waals surface area contributed by atoms with Crippen molar-refractivity contribution >= 4 is 29.2 Å². The number of rotatable bonds is 1. The lowest BCUT2D eigenvalue weighted by Crippen LogP contribution is -2.34. The molecule has 0 saturated carbocycles. The zero-order valence-corrected chi connectivity index (χ0v) is 10.2. The van der Waals surface area contributed by atoms with Gasteiger partial charge in [0.15, 0.2) is 0 Å². The largest absolute Gasteiger partial charge is 0.440 e. The lowest BCUT2D eigenvalue weighted by molar-refractivity contribution is 0.0782. The monoisotopic (exact) mass is 250 g/mol. The minimum Gasteiger partial charge on any atom is -0.440 e. The van der Waals surface area contributed by atoms with Crippen molar-refractivity contribution < 1.29 is 9.53 Å². The zero-order valence-electron chi connectivity index (χ0n) is 9.39. The summed E-state index contributed by atoms with van der Waals surface area (Å²) in [6, 6.07) is 7.36. The second kappa shape index (κ2) is 3.84. The molecule has 5 heteroatoms. The Labute approximate surface area is 104 Å². The Morgan fingerprint density at radius 2 is 2.35 bits per heavy atom. The molecule has 2 N–H and O–H groups in total. The summed E-state index contributed by atoms with van der Waals surface area (Å²) in [6.45, 7) is 0.641. The SMILES string of the molecule is Nc1cccc(N2CC3(CCSC3)OC2=O)c1. The van der Waals surface area contributed by atoms with E-state index in [0.29, 0.717) is 12.2 Å². The summed E-state index contributed by atoms with van der Waals surface area (Å²) in [5, 5.41) is 0. The molecule has 0 radical (unpaired) electrons. The zero-order chi connectivity index (χ0) is 11.9. The van der Waals surface area contributed by atoms with Crippen LogP contribution in [0.25, 0.3) is 0 Å².